The molecule has 1 saturated carbocycles. The molecule has 20 heavy (non-hydrogen) atoms. The quantitative estimate of drug-likeness (QED) is 0.716. The average molecular weight is 312 g/mol. The molecule has 0 spiro atoms. The molecular weight excluding hydrogens is 290 g/mol. The Morgan fingerprint density at radius 1 is 1.35 bits per heavy atom. The Morgan fingerprint density at radius 3 is 2.65 bits per heavy atom. The highest BCUT2D eigenvalue weighted by atomic mass is 35.5. The summed E-state index contributed by atoms with van der Waals surface area (Å²) in [4.78, 5) is 14.3. The molecule has 4 heteroatoms. The lowest BCUT2D eigenvalue weighted by molar-refractivity contribution is -0.128. The van der Waals surface area contributed by atoms with Crippen LogP contribution in [-0.4, -0.2) is 29.6 Å². The van der Waals surface area contributed by atoms with Gasteiger partial charge in [0, 0.05) is 23.9 Å². The van der Waals surface area contributed by atoms with E-state index in [2.05, 4.69) is 6.92 Å². The molecule has 0 unspecified atom stereocenters. The van der Waals surface area contributed by atoms with Crippen LogP contribution in [0.5, 0.6) is 0 Å². The van der Waals surface area contributed by atoms with Crippen LogP contribution >= 0.6 is 23.4 Å². The van der Waals surface area contributed by atoms with Crippen LogP contribution in [-0.2, 0) is 10.5 Å². The Morgan fingerprint density at radius 2 is 2.05 bits per heavy atom. The van der Waals surface area contributed by atoms with Crippen molar-refractivity contribution < 1.29 is 4.79 Å². The molecule has 0 N–H and O–H groups in total. The number of hydrogen-bond acceptors (Lipinski definition) is 2. The Hall–Kier alpha value is -0.670. The van der Waals surface area contributed by atoms with Crippen molar-refractivity contribution in [3.05, 3.63) is 34.9 Å². The first-order chi connectivity index (χ1) is 9.69. The molecule has 0 bridgehead atoms. The summed E-state index contributed by atoms with van der Waals surface area (Å²) in [5.74, 6) is 2.51. The van der Waals surface area contributed by atoms with Crippen molar-refractivity contribution in [3.8, 4) is 0 Å². The van der Waals surface area contributed by atoms with Gasteiger partial charge in [0.05, 0.1) is 5.75 Å². The second kappa shape index (κ2) is 7.94. The first kappa shape index (κ1) is 15.7. The smallest absolute Gasteiger partial charge is 0.232 e. The zero-order chi connectivity index (χ0) is 14.4. The van der Waals surface area contributed by atoms with Gasteiger partial charge in [-0.25, -0.2) is 0 Å². The fraction of sp³-hybridized carbons (Fsp3) is 0.562. The number of nitrogens with zero attached hydrogens (tertiary/aromatic N) is 1. The van der Waals surface area contributed by atoms with E-state index in [4.69, 9.17) is 11.6 Å². The van der Waals surface area contributed by atoms with E-state index in [9.17, 15) is 4.79 Å². The summed E-state index contributed by atoms with van der Waals surface area (Å²) in [5.41, 5.74) is 1.22. The summed E-state index contributed by atoms with van der Waals surface area (Å²) in [5, 5.41) is 0.758. The van der Waals surface area contributed by atoms with Crippen molar-refractivity contribution in [2.75, 3.05) is 18.8 Å². The molecule has 1 aliphatic carbocycles. The molecule has 2 nitrogen and oxygen atoms in total. The summed E-state index contributed by atoms with van der Waals surface area (Å²) in [6.07, 6.45) is 3.64. The minimum atomic E-state index is 0.290. The van der Waals surface area contributed by atoms with Gasteiger partial charge in [-0.15, -0.1) is 11.8 Å². The van der Waals surface area contributed by atoms with Crippen molar-refractivity contribution in [1.29, 1.82) is 0 Å². The summed E-state index contributed by atoms with van der Waals surface area (Å²) in [6, 6.07) is 7.84. The molecule has 0 radical (unpaired) electrons. The number of rotatable bonds is 8. The maximum Gasteiger partial charge on any atom is 0.232 e. The minimum absolute atomic E-state index is 0.290. The molecule has 2 rings (SSSR count). The van der Waals surface area contributed by atoms with E-state index in [1.807, 2.05) is 29.2 Å². The topological polar surface area (TPSA) is 20.3 Å². The van der Waals surface area contributed by atoms with Gasteiger partial charge in [-0.2, -0.15) is 0 Å². The third-order valence-corrected chi connectivity index (χ3v) is 4.67. The number of benzene rings is 1. The lowest BCUT2D eigenvalue weighted by Crippen LogP contribution is -2.34. The van der Waals surface area contributed by atoms with E-state index >= 15 is 0 Å². The van der Waals surface area contributed by atoms with Gasteiger partial charge >= 0.3 is 0 Å². The number of carbonyl (C=O) groups is 1. The van der Waals surface area contributed by atoms with E-state index < -0.39 is 0 Å². The van der Waals surface area contributed by atoms with Crippen molar-refractivity contribution in [2.45, 2.75) is 31.9 Å². The maximum absolute atomic E-state index is 12.2. The highest BCUT2D eigenvalue weighted by Crippen LogP contribution is 2.30. The van der Waals surface area contributed by atoms with Crippen molar-refractivity contribution in [1.82, 2.24) is 4.90 Å². The van der Waals surface area contributed by atoms with E-state index in [-0.39, 0.29) is 5.91 Å². The van der Waals surface area contributed by atoms with E-state index in [1.54, 1.807) is 11.8 Å². The number of carbonyl (C=O) groups excluding carboxylic acids is 1. The molecule has 0 aliphatic heterocycles. The molecule has 0 saturated heterocycles. The molecule has 0 heterocycles. The van der Waals surface area contributed by atoms with E-state index in [0.717, 1.165) is 36.2 Å². The van der Waals surface area contributed by atoms with Crippen molar-refractivity contribution in [3.63, 3.8) is 0 Å². The SMILES string of the molecule is CCCN(CC1CC1)C(=O)CSCc1ccc(Cl)cc1. The lowest BCUT2D eigenvalue weighted by atomic mass is 10.2. The van der Waals surface area contributed by atoms with Gasteiger partial charge in [0.2, 0.25) is 5.91 Å². The molecule has 1 amide bonds. The minimum Gasteiger partial charge on any atom is -0.342 e. The standard InChI is InChI=1S/C16H22ClNOS/c1-2-9-18(10-13-3-4-13)16(19)12-20-11-14-5-7-15(17)8-6-14/h5-8,13H,2-4,9-12H2,1H3. The Kier molecular flexibility index (Phi) is 6.24. The van der Waals surface area contributed by atoms with Crippen LogP contribution in [0.1, 0.15) is 31.7 Å². The lowest BCUT2D eigenvalue weighted by Gasteiger charge is -2.21. The highest BCUT2D eigenvalue weighted by molar-refractivity contribution is 7.99. The number of halogens is 1. The molecule has 1 aliphatic rings. The molecule has 1 fully saturated rings. The van der Waals surface area contributed by atoms with Crippen LogP contribution in [0.4, 0.5) is 0 Å². The zero-order valence-electron chi connectivity index (χ0n) is 12.0. The van der Waals surface area contributed by atoms with Crippen LogP contribution in [0.2, 0.25) is 5.02 Å². The van der Waals surface area contributed by atoms with E-state index in [1.165, 1.54) is 18.4 Å². The predicted molar refractivity (Wildman–Crippen MR) is 87.2 cm³/mol. The second-order valence-corrected chi connectivity index (χ2v) is 6.82. The third kappa shape index (κ3) is 5.37. The Labute approximate surface area is 130 Å². The first-order valence-corrected chi connectivity index (χ1v) is 8.82. The highest BCUT2D eigenvalue weighted by Gasteiger charge is 2.26. The summed E-state index contributed by atoms with van der Waals surface area (Å²) in [7, 11) is 0. The summed E-state index contributed by atoms with van der Waals surface area (Å²) >= 11 is 7.55. The molecule has 0 atom stereocenters. The van der Waals surface area contributed by atoms with Crippen LogP contribution in [0, 0.1) is 5.92 Å². The van der Waals surface area contributed by atoms with Gasteiger partial charge in [0.1, 0.15) is 0 Å². The van der Waals surface area contributed by atoms with Crippen molar-refractivity contribution in [2.24, 2.45) is 5.92 Å². The molecule has 0 aromatic heterocycles. The maximum atomic E-state index is 12.2. The number of hydrogen-bond donors (Lipinski definition) is 0. The fourth-order valence-electron chi connectivity index (χ4n) is 2.13. The van der Waals surface area contributed by atoms with Gasteiger partial charge in [0.25, 0.3) is 0 Å². The molecule has 1 aromatic carbocycles. The second-order valence-electron chi connectivity index (χ2n) is 5.40. The van der Waals surface area contributed by atoms with Crippen molar-refractivity contribution >= 4 is 29.3 Å². The molecule has 1 aromatic rings. The normalized spacial score (nSPS) is 14.3. The first-order valence-electron chi connectivity index (χ1n) is 7.29. The number of amides is 1. The summed E-state index contributed by atoms with van der Waals surface area (Å²) < 4.78 is 0. The number of thioether (sulfide) groups is 1. The van der Waals surface area contributed by atoms with Crippen LogP contribution < -0.4 is 0 Å². The molecular formula is C16H22ClNOS. The average Bonchev–Trinajstić information content (AvgIpc) is 3.24. The van der Waals surface area contributed by atoms with Crippen LogP contribution in [0.3, 0.4) is 0 Å². The van der Waals surface area contributed by atoms with Gasteiger partial charge in [-0.3, -0.25) is 4.79 Å². The van der Waals surface area contributed by atoms with Gasteiger partial charge < -0.3 is 4.90 Å². The zero-order valence-corrected chi connectivity index (χ0v) is 13.6. The molecule has 110 valence electrons. The van der Waals surface area contributed by atoms with Crippen LogP contribution in [0.25, 0.3) is 0 Å². The predicted octanol–water partition coefficient (Wildman–Crippen LogP) is 4.22. The van der Waals surface area contributed by atoms with Gasteiger partial charge in [-0.1, -0.05) is 30.7 Å². The summed E-state index contributed by atoms with van der Waals surface area (Å²) in [6.45, 7) is 4.00. The fourth-order valence-corrected chi connectivity index (χ4v) is 3.14. The van der Waals surface area contributed by atoms with Gasteiger partial charge in [-0.05, 0) is 42.9 Å². The van der Waals surface area contributed by atoms with Crippen LogP contribution in [0.15, 0.2) is 24.3 Å². The monoisotopic (exact) mass is 311 g/mol. The Balaban J connectivity index is 1.73. The largest absolute Gasteiger partial charge is 0.342 e. The Bertz CT molecular complexity index is 431. The van der Waals surface area contributed by atoms with Gasteiger partial charge in [0.15, 0.2) is 0 Å². The third-order valence-electron chi connectivity index (χ3n) is 3.43. The van der Waals surface area contributed by atoms with E-state index in [0.29, 0.717) is 5.75 Å².